The van der Waals surface area contributed by atoms with Crippen LogP contribution in [-0.2, 0) is 9.59 Å². The molecular formula is C21H24IN3O4. The molecule has 0 unspecified atom stereocenters. The number of anilines is 1. The number of hydrogen-bond acceptors (Lipinski definition) is 5. The maximum atomic E-state index is 11.9. The zero-order valence-corrected chi connectivity index (χ0v) is 18.8. The van der Waals surface area contributed by atoms with Gasteiger partial charge in [-0.3, -0.25) is 9.59 Å². The Hall–Kier alpha value is -2.62. The molecule has 154 valence electrons. The number of hydrogen-bond donors (Lipinski definition) is 2. The van der Waals surface area contributed by atoms with Gasteiger partial charge in [-0.15, -0.1) is 0 Å². The standard InChI is InChI=1S/C21H24IN3O4/c1-4-9-29-21-17(22)10-15(11-18(21)28-3)13-23-25-20(27)12-19(26)24-16-7-5-14(2)6-8-16/h5-8,10-11,13H,4,9,12H2,1-3H3,(H,24,26)(H,25,27). The van der Waals surface area contributed by atoms with Crippen molar-refractivity contribution in [2.24, 2.45) is 5.10 Å². The van der Waals surface area contributed by atoms with E-state index >= 15 is 0 Å². The van der Waals surface area contributed by atoms with Crippen LogP contribution in [0.25, 0.3) is 0 Å². The summed E-state index contributed by atoms with van der Waals surface area (Å²) in [6.07, 6.45) is 2.06. The quantitative estimate of drug-likeness (QED) is 0.233. The van der Waals surface area contributed by atoms with Crippen LogP contribution in [0.4, 0.5) is 5.69 Å². The van der Waals surface area contributed by atoms with E-state index in [1.54, 1.807) is 25.3 Å². The molecule has 0 atom stereocenters. The summed E-state index contributed by atoms with van der Waals surface area (Å²) in [5.74, 6) is 0.366. The van der Waals surface area contributed by atoms with E-state index in [1.807, 2.05) is 32.0 Å². The molecule has 0 saturated carbocycles. The molecule has 2 N–H and O–H groups in total. The first-order valence-electron chi connectivity index (χ1n) is 9.11. The molecular weight excluding hydrogens is 485 g/mol. The van der Waals surface area contributed by atoms with E-state index in [9.17, 15) is 9.59 Å². The fourth-order valence-corrected chi connectivity index (χ4v) is 3.15. The molecule has 0 fully saturated rings. The second-order valence-electron chi connectivity index (χ2n) is 6.27. The van der Waals surface area contributed by atoms with Gasteiger partial charge in [0.1, 0.15) is 6.42 Å². The molecule has 2 aromatic rings. The van der Waals surface area contributed by atoms with E-state index in [0.29, 0.717) is 23.8 Å². The van der Waals surface area contributed by atoms with E-state index in [2.05, 4.69) is 38.4 Å². The Morgan fingerprint density at radius 1 is 1.17 bits per heavy atom. The molecule has 0 aromatic heterocycles. The van der Waals surface area contributed by atoms with Crippen LogP contribution in [0.2, 0.25) is 0 Å². The van der Waals surface area contributed by atoms with Crippen molar-refractivity contribution in [3.05, 3.63) is 51.1 Å². The van der Waals surface area contributed by atoms with Gasteiger partial charge >= 0.3 is 0 Å². The van der Waals surface area contributed by atoms with Crippen molar-refractivity contribution < 1.29 is 19.1 Å². The zero-order chi connectivity index (χ0) is 21.2. The maximum Gasteiger partial charge on any atom is 0.249 e. The molecule has 0 saturated heterocycles. The van der Waals surface area contributed by atoms with Crippen molar-refractivity contribution in [2.45, 2.75) is 26.7 Å². The first-order valence-corrected chi connectivity index (χ1v) is 10.2. The van der Waals surface area contributed by atoms with Crippen molar-refractivity contribution in [2.75, 3.05) is 19.0 Å². The molecule has 8 heteroatoms. The van der Waals surface area contributed by atoms with Crippen LogP contribution in [-0.4, -0.2) is 31.7 Å². The highest BCUT2D eigenvalue weighted by Crippen LogP contribution is 2.33. The van der Waals surface area contributed by atoms with E-state index < -0.39 is 11.8 Å². The topological polar surface area (TPSA) is 89.0 Å². The predicted molar refractivity (Wildman–Crippen MR) is 122 cm³/mol. The molecule has 0 spiro atoms. The molecule has 2 amide bonds. The third-order valence-electron chi connectivity index (χ3n) is 3.76. The molecule has 29 heavy (non-hydrogen) atoms. The van der Waals surface area contributed by atoms with Gasteiger partial charge in [0.2, 0.25) is 11.8 Å². The van der Waals surface area contributed by atoms with Crippen LogP contribution < -0.4 is 20.2 Å². The Balaban J connectivity index is 1.91. The van der Waals surface area contributed by atoms with Crippen molar-refractivity contribution in [3.8, 4) is 11.5 Å². The second-order valence-corrected chi connectivity index (χ2v) is 7.43. The normalized spacial score (nSPS) is 10.6. The van der Waals surface area contributed by atoms with Gasteiger partial charge in [-0.1, -0.05) is 24.6 Å². The van der Waals surface area contributed by atoms with Crippen LogP contribution in [0.5, 0.6) is 11.5 Å². The third-order valence-corrected chi connectivity index (χ3v) is 4.56. The molecule has 2 aromatic carbocycles. The Kier molecular flexibility index (Phi) is 8.91. The van der Waals surface area contributed by atoms with Crippen LogP contribution in [0.1, 0.15) is 30.9 Å². The summed E-state index contributed by atoms with van der Waals surface area (Å²) < 4.78 is 12.0. The van der Waals surface area contributed by atoms with Gasteiger partial charge in [0, 0.05) is 5.69 Å². The molecule has 0 aliphatic carbocycles. The Morgan fingerprint density at radius 2 is 1.90 bits per heavy atom. The molecule has 0 heterocycles. The lowest BCUT2D eigenvalue weighted by Gasteiger charge is -2.12. The highest BCUT2D eigenvalue weighted by Gasteiger charge is 2.11. The first-order chi connectivity index (χ1) is 13.9. The predicted octanol–water partition coefficient (Wildman–Crippen LogP) is 3.88. The number of rotatable bonds is 9. The van der Waals surface area contributed by atoms with Crippen molar-refractivity contribution in [1.82, 2.24) is 5.43 Å². The highest BCUT2D eigenvalue weighted by molar-refractivity contribution is 14.1. The number of aryl methyl sites for hydroxylation is 1. The summed E-state index contributed by atoms with van der Waals surface area (Å²) in [5, 5.41) is 6.59. The number of methoxy groups -OCH3 is 1. The number of benzene rings is 2. The van der Waals surface area contributed by atoms with Crippen molar-refractivity contribution >= 4 is 46.3 Å². The number of hydrazone groups is 1. The van der Waals surface area contributed by atoms with Crippen LogP contribution in [0, 0.1) is 10.5 Å². The third kappa shape index (κ3) is 7.37. The van der Waals surface area contributed by atoms with Crippen molar-refractivity contribution in [3.63, 3.8) is 0 Å². The van der Waals surface area contributed by atoms with Gasteiger partial charge in [0.05, 0.1) is 23.5 Å². The van der Waals surface area contributed by atoms with Gasteiger partial charge < -0.3 is 14.8 Å². The van der Waals surface area contributed by atoms with Gasteiger partial charge in [0.15, 0.2) is 11.5 Å². The van der Waals surface area contributed by atoms with Crippen molar-refractivity contribution in [1.29, 1.82) is 0 Å². The van der Waals surface area contributed by atoms with Crippen LogP contribution >= 0.6 is 22.6 Å². The number of nitrogens with zero attached hydrogens (tertiary/aromatic N) is 1. The number of halogens is 1. The minimum atomic E-state index is -0.504. The molecule has 0 radical (unpaired) electrons. The fraction of sp³-hybridized carbons (Fsp3) is 0.286. The largest absolute Gasteiger partial charge is 0.493 e. The summed E-state index contributed by atoms with van der Waals surface area (Å²) in [7, 11) is 1.57. The summed E-state index contributed by atoms with van der Waals surface area (Å²) in [6.45, 7) is 4.59. The minimum Gasteiger partial charge on any atom is -0.493 e. The summed E-state index contributed by atoms with van der Waals surface area (Å²) in [5.41, 5.74) is 4.83. The van der Waals surface area contributed by atoms with E-state index in [1.165, 1.54) is 6.21 Å². The Bertz CT molecular complexity index is 882. The Labute approximate surface area is 184 Å². The Morgan fingerprint density at radius 3 is 2.55 bits per heavy atom. The lowest BCUT2D eigenvalue weighted by Crippen LogP contribution is -2.24. The maximum absolute atomic E-state index is 11.9. The number of carbonyl (C=O) groups excluding carboxylic acids is 2. The average molecular weight is 509 g/mol. The molecule has 0 bridgehead atoms. The lowest BCUT2D eigenvalue weighted by molar-refractivity contribution is -0.126. The van der Waals surface area contributed by atoms with E-state index in [4.69, 9.17) is 9.47 Å². The first kappa shape index (κ1) is 22.7. The summed E-state index contributed by atoms with van der Waals surface area (Å²) in [6, 6.07) is 11.0. The van der Waals surface area contributed by atoms with Crippen LogP contribution in [0.3, 0.4) is 0 Å². The van der Waals surface area contributed by atoms with Crippen LogP contribution in [0.15, 0.2) is 41.5 Å². The van der Waals surface area contributed by atoms with Gasteiger partial charge in [-0.2, -0.15) is 5.10 Å². The fourth-order valence-electron chi connectivity index (χ4n) is 2.36. The monoisotopic (exact) mass is 509 g/mol. The van der Waals surface area contributed by atoms with Gasteiger partial charge in [-0.05, 0) is 65.8 Å². The van der Waals surface area contributed by atoms with E-state index in [0.717, 1.165) is 21.1 Å². The second kappa shape index (κ2) is 11.4. The number of amides is 2. The molecule has 0 aliphatic rings. The smallest absolute Gasteiger partial charge is 0.249 e. The highest BCUT2D eigenvalue weighted by atomic mass is 127. The number of carbonyl (C=O) groups is 2. The zero-order valence-electron chi connectivity index (χ0n) is 16.6. The van der Waals surface area contributed by atoms with Gasteiger partial charge in [-0.25, -0.2) is 5.43 Å². The number of ether oxygens (including phenoxy) is 2. The van der Waals surface area contributed by atoms with Gasteiger partial charge in [0.25, 0.3) is 0 Å². The molecule has 7 nitrogen and oxygen atoms in total. The average Bonchev–Trinajstić information content (AvgIpc) is 2.68. The molecule has 0 aliphatic heterocycles. The summed E-state index contributed by atoms with van der Waals surface area (Å²) in [4.78, 5) is 23.9. The lowest BCUT2D eigenvalue weighted by atomic mass is 10.2. The number of nitrogens with one attached hydrogen (secondary N) is 2. The minimum absolute atomic E-state index is 0.324. The SMILES string of the molecule is CCCOc1c(I)cc(C=NNC(=O)CC(=O)Nc2ccc(C)cc2)cc1OC. The molecule has 2 rings (SSSR count). The summed E-state index contributed by atoms with van der Waals surface area (Å²) >= 11 is 2.16. The van der Waals surface area contributed by atoms with E-state index in [-0.39, 0.29) is 6.42 Å².